The summed E-state index contributed by atoms with van der Waals surface area (Å²) in [4.78, 5) is 58.4. The molecule has 1 aliphatic heterocycles. The zero-order chi connectivity index (χ0) is 38.9. The highest BCUT2D eigenvalue weighted by molar-refractivity contribution is 6.72. The molecule has 1 heterocycles. The van der Waals surface area contributed by atoms with E-state index in [2.05, 4.69) is 0 Å². The minimum atomic E-state index is -2.85. The van der Waals surface area contributed by atoms with Crippen LogP contribution in [0.4, 0.5) is 14.4 Å². The summed E-state index contributed by atoms with van der Waals surface area (Å²) in [5.74, 6) is -0.924. The van der Waals surface area contributed by atoms with Gasteiger partial charge in [0, 0.05) is 40.1 Å². The van der Waals surface area contributed by atoms with E-state index in [1.807, 2.05) is 6.92 Å². The highest BCUT2D eigenvalue weighted by atomic mass is 28.4. The van der Waals surface area contributed by atoms with Gasteiger partial charge in [0.25, 0.3) is 0 Å². The Labute approximate surface area is 305 Å². The van der Waals surface area contributed by atoms with Gasteiger partial charge in [-0.1, -0.05) is 13.8 Å². The highest BCUT2D eigenvalue weighted by Crippen LogP contribution is 2.21. The molecule has 0 N–H and O–H groups in total. The summed E-state index contributed by atoms with van der Waals surface area (Å²) in [7, 11) is 0.154. The second-order valence-corrected chi connectivity index (χ2v) is 17.0. The van der Waals surface area contributed by atoms with E-state index in [1.165, 1.54) is 21.0 Å². The van der Waals surface area contributed by atoms with Crippen molar-refractivity contribution < 1.29 is 90.0 Å². The average molecular weight is 773 g/mol. The van der Waals surface area contributed by atoms with E-state index in [4.69, 9.17) is 66.0 Å². The summed E-state index contributed by atoms with van der Waals surface area (Å²) in [6.45, 7) is 8.97. The van der Waals surface area contributed by atoms with Crippen LogP contribution >= 0.6 is 0 Å². The molecule has 0 saturated carbocycles. The Morgan fingerprint density at radius 1 is 0.712 bits per heavy atom. The number of hydrogen-bond donors (Lipinski definition) is 0. The number of hydrogen-bond acceptors (Lipinski definition) is 19. The molecule has 52 heavy (non-hydrogen) atoms. The van der Waals surface area contributed by atoms with Crippen molar-refractivity contribution in [2.45, 2.75) is 52.8 Å². The molecule has 4 atom stereocenters. The SMILES string of the molecule is COCCOC(=O)OC[Si](C)(CCCOCC1COC(=O)O1)OCOC(=O)OCC(C)(COCCOCC(C)(COC)COC(C)=O)COC(C)=O. The summed E-state index contributed by atoms with van der Waals surface area (Å²) >= 11 is 0. The molecule has 0 bridgehead atoms. The van der Waals surface area contributed by atoms with Gasteiger partial charge in [-0.05, 0) is 19.0 Å². The van der Waals surface area contributed by atoms with Crippen LogP contribution in [0.15, 0.2) is 0 Å². The van der Waals surface area contributed by atoms with Crippen LogP contribution in [0, 0.1) is 10.8 Å². The number of ether oxygens (including phenoxy) is 13. The van der Waals surface area contributed by atoms with Crippen molar-refractivity contribution in [3.05, 3.63) is 0 Å². The van der Waals surface area contributed by atoms with Crippen LogP contribution < -0.4 is 0 Å². The first-order valence-corrected chi connectivity index (χ1v) is 19.5. The van der Waals surface area contributed by atoms with Crippen molar-refractivity contribution in [1.82, 2.24) is 0 Å². The first kappa shape index (κ1) is 46.7. The zero-order valence-electron chi connectivity index (χ0n) is 31.4. The second-order valence-electron chi connectivity index (χ2n) is 13.0. The smallest absolute Gasteiger partial charge is 0.465 e. The van der Waals surface area contributed by atoms with Gasteiger partial charge in [0.15, 0.2) is 12.9 Å². The molecule has 1 fully saturated rings. The van der Waals surface area contributed by atoms with E-state index in [9.17, 15) is 24.0 Å². The van der Waals surface area contributed by atoms with Gasteiger partial charge in [-0.15, -0.1) is 0 Å². The monoisotopic (exact) mass is 772 g/mol. The van der Waals surface area contributed by atoms with Crippen LogP contribution in [0.1, 0.15) is 34.1 Å². The van der Waals surface area contributed by atoms with Gasteiger partial charge < -0.3 is 66.0 Å². The number of cyclic esters (lactones) is 2. The van der Waals surface area contributed by atoms with Crippen LogP contribution in [-0.4, -0.2) is 158 Å². The van der Waals surface area contributed by atoms with Gasteiger partial charge in [0.1, 0.15) is 39.3 Å². The number of rotatable bonds is 29. The fraction of sp³-hybridized carbons (Fsp3) is 0.844. The predicted molar refractivity (Wildman–Crippen MR) is 179 cm³/mol. The quantitative estimate of drug-likeness (QED) is 0.0351. The lowest BCUT2D eigenvalue weighted by molar-refractivity contribution is -0.150. The van der Waals surface area contributed by atoms with Crippen molar-refractivity contribution in [1.29, 1.82) is 0 Å². The highest BCUT2D eigenvalue weighted by Gasteiger charge is 2.34. The molecule has 1 aliphatic rings. The van der Waals surface area contributed by atoms with Crippen molar-refractivity contribution in [3.8, 4) is 0 Å². The van der Waals surface area contributed by atoms with Crippen LogP contribution in [0.2, 0.25) is 12.6 Å². The summed E-state index contributed by atoms with van der Waals surface area (Å²) in [6, 6.07) is 0.442. The third kappa shape index (κ3) is 22.6. The van der Waals surface area contributed by atoms with Gasteiger partial charge in [-0.2, -0.15) is 0 Å². The number of carbonyl (C=O) groups is 5. The van der Waals surface area contributed by atoms with Gasteiger partial charge in [-0.3, -0.25) is 9.59 Å². The summed E-state index contributed by atoms with van der Waals surface area (Å²) < 4.78 is 73.6. The van der Waals surface area contributed by atoms with Crippen molar-refractivity contribution in [3.63, 3.8) is 0 Å². The van der Waals surface area contributed by atoms with Crippen molar-refractivity contribution in [2.24, 2.45) is 10.8 Å². The topological polar surface area (TPSA) is 215 Å². The van der Waals surface area contributed by atoms with Crippen LogP contribution in [0.3, 0.4) is 0 Å². The molecule has 0 aromatic carbocycles. The van der Waals surface area contributed by atoms with E-state index in [1.54, 1.807) is 20.6 Å². The Balaban J connectivity index is 2.60. The van der Waals surface area contributed by atoms with Crippen LogP contribution in [0.5, 0.6) is 0 Å². The molecule has 1 rings (SSSR count). The molecule has 1 saturated heterocycles. The average Bonchev–Trinajstić information content (AvgIpc) is 3.51. The van der Waals surface area contributed by atoms with Crippen LogP contribution in [-0.2, 0) is 75.6 Å². The van der Waals surface area contributed by atoms with E-state index >= 15 is 0 Å². The Morgan fingerprint density at radius 3 is 1.87 bits per heavy atom. The van der Waals surface area contributed by atoms with Crippen molar-refractivity contribution in [2.75, 3.05) is 113 Å². The van der Waals surface area contributed by atoms with E-state index in [0.29, 0.717) is 25.7 Å². The summed E-state index contributed by atoms with van der Waals surface area (Å²) in [6.07, 6.45) is -2.78. The van der Waals surface area contributed by atoms with Gasteiger partial charge in [-0.25, -0.2) is 14.4 Å². The molecular weight excluding hydrogens is 716 g/mol. The molecule has 0 radical (unpaired) electrons. The lowest BCUT2D eigenvalue weighted by Gasteiger charge is -2.29. The molecule has 0 amide bonds. The minimum absolute atomic E-state index is 0.00921. The number of carbonyl (C=O) groups excluding carboxylic acids is 5. The summed E-state index contributed by atoms with van der Waals surface area (Å²) in [5, 5.41) is 0. The van der Waals surface area contributed by atoms with Gasteiger partial charge in [0.05, 0.1) is 51.7 Å². The standard InChI is InChI=1S/C32H56O19Si/c1-25(33)45-20-31(3,17-39-6)18-41-11-12-42-19-32(4,21-46-26(2)34)22-47-29(36)48-23-50-52(7,24-49-28(35)43-13-10-38-5)14-8-9-40-15-27-16-44-30(37)51-27/h27H,8-24H2,1-7H3. The largest absolute Gasteiger partial charge is 0.510 e. The maximum Gasteiger partial charge on any atom is 0.510 e. The third-order valence-electron chi connectivity index (χ3n) is 7.09. The van der Waals surface area contributed by atoms with Crippen LogP contribution in [0.25, 0.3) is 0 Å². The normalized spacial score (nSPS) is 17.4. The molecular formula is C32H56O19Si. The molecule has 4 unspecified atom stereocenters. The Morgan fingerprint density at radius 2 is 1.31 bits per heavy atom. The molecule has 0 aliphatic carbocycles. The Kier molecular flexibility index (Phi) is 23.1. The maximum absolute atomic E-state index is 12.5. The number of esters is 2. The second kappa shape index (κ2) is 25.7. The molecule has 20 heteroatoms. The molecule has 302 valence electrons. The maximum atomic E-state index is 12.5. The fourth-order valence-electron chi connectivity index (χ4n) is 4.26. The lowest BCUT2D eigenvalue weighted by atomic mass is 9.94. The van der Waals surface area contributed by atoms with Gasteiger partial charge in [0.2, 0.25) is 8.32 Å². The predicted octanol–water partition coefficient (Wildman–Crippen LogP) is 2.79. The zero-order valence-corrected chi connectivity index (χ0v) is 32.4. The minimum Gasteiger partial charge on any atom is -0.465 e. The molecule has 0 aromatic rings. The molecule has 19 nitrogen and oxygen atoms in total. The third-order valence-corrected chi connectivity index (χ3v) is 10.1. The lowest BCUT2D eigenvalue weighted by Crippen LogP contribution is -2.43. The molecule has 0 spiro atoms. The Hall–Kier alpha value is -3.27. The first-order chi connectivity index (χ1) is 24.6. The van der Waals surface area contributed by atoms with E-state index < -0.39 is 62.4 Å². The molecule has 0 aromatic heterocycles. The van der Waals surface area contributed by atoms with E-state index in [-0.39, 0.29) is 78.9 Å². The fourth-order valence-corrected chi connectivity index (χ4v) is 6.29. The van der Waals surface area contributed by atoms with E-state index in [0.717, 1.165) is 0 Å². The number of methoxy groups -OCH3 is 2. The Bertz CT molecular complexity index is 1080. The van der Waals surface area contributed by atoms with Crippen molar-refractivity contribution >= 4 is 38.7 Å². The first-order valence-electron chi connectivity index (χ1n) is 16.7. The van der Waals surface area contributed by atoms with Gasteiger partial charge >= 0.3 is 30.4 Å². The summed E-state index contributed by atoms with van der Waals surface area (Å²) in [5.41, 5.74) is -1.49.